The molecule has 1 aliphatic rings. The normalized spacial score (nSPS) is 17.1. The van der Waals surface area contributed by atoms with E-state index in [9.17, 15) is 4.79 Å². The Hall–Kier alpha value is -3.03. The summed E-state index contributed by atoms with van der Waals surface area (Å²) in [5.41, 5.74) is 6.79. The smallest absolute Gasteiger partial charge is 0.266 e. The summed E-state index contributed by atoms with van der Waals surface area (Å²) in [4.78, 5) is 12.2. The molecule has 1 unspecified atom stereocenters. The predicted molar refractivity (Wildman–Crippen MR) is 74.3 cm³/mol. The van der Waals surface area contributed by atoms with Crippen LogP contribution >= 0.6 is 0 Å². The molecular formula is C13H13N5O3. The number of anilines is 1. The molecule has 108 valence electrons. The Kier molecular flexibility index (Phi) is 3.19. The van der Waals surface area contributed by atoms with Gasteiger partial charge in [-0.15, -0.1) is 0 Å². The third-order valence-electron chi connectivity index (χ3n) is 3.21. The minimum absolute atomic E-state index is 0.144. The fraction of sp³-hybridized carbons (Fsp3) is 0.154. The third-order valence-corrected chi connectivity index (χ3v) is 3.21. The molecule has 0 saturated heterocycles. The number of oxime groups is 1. The van der Waals surface area contributed by atoms with E-state index < -0.39 is 6.10 Å². The first-order valence-corrected chi connectivity index (χ1v) is 6.25. The van der Waals surface area contributed by atoms with E-state index in [-0.39, 0.29) is 17.6 Å². The number of carbonyl (C=O) groups is 1. The van der Waals surface area contributed by atoms with Gasteiger partial charge in [-0.1, -0.05) is 23.4 Å². The monoisotopic (exact) mass is 287 g/mol. The van der Waals surface area contributed by atoms with Gasteiger partial charge < -0.3 is 21.0 Å². The number of amidine groups is 1. The summed E-state index contributed by atoms with van der Waals surface area (Å²) in [7, 11) is 0. The van der Waals surface area contributed by atoms with Gasteiger partial charge >= 0.3 is 0 Å². The minimum Gasteiger partial charge on any atom is -0.480 e. The fourth-order valence-corrected chi connectivity index (χ4v) is 2.16. The Morgan fingerprint density at radius 3 is 3.10 bits per heavy atom. The van der Waals surface area contributed by atoms with E-state index in [0.717, 1.165) is 5.56 Å². The Bertz CT molecular complexity index is 684. The number of hydrogen-bond acceptors (Lipinski definition) is 5. The largest absolute Gasteiger partial charge is 0.480 e. The molecule has 8 nitrogen and oxygen atoms in total. The van der Waals surface area contributed by atoms with Crippen molar-refractivity contribution in [3.05, 3.63) is 41.6 Å². The number of aromatic nitrogens is 2. The molecule has 2 heterocycles. The van der Waals surface area contributed by atoms with Crippen LogP contribution in [0.4, 0.5) is 5.82 Å². The summed E-state index contributed by atoms with van der Waals surface area (Å²) in [6.07, 6.45) is 1.23. The number of nitrogens with zero attached hydrogens (tertiary/aromatic N) is 2. The summed E-state index contributed by atoms with van der Waals surface area (Å²) in [5, 5.41) is 20.5. The number of para-hydroxylation sites is 1. The van der Waals surface area contributed by atoms with Crippen molar-refractivity contribution in [3.63, 3.8) is 0 Å². The molecule has 5 N–H and O–H groups in total. The van der Waals surface area contributed by atoms with Gasteiger partial charge in [-0.25, -0.2) is 0 Å². The van der Waals surface area contributed by atoms with Crippen LogP contribution in [-0.4, -0.2) is 33.3 Å². The quantitative estimate of drug-likeness (QED) is 0.282. The first kappa shape index (κ1) is 13.0. The summed E-state index contributed by atoms with van der Waals surface area (Å²) in [6, 6.07) is 7.49. The summed E-state index contributed by atoms with van der Waals surface area (Å²) in [6.45, 7) is 0. The van der Waals surface area contributed by atoms with Crippen LogP contribution in [0, 0.1) is 0 Å². The lowest BCUT2D eigenvalue weighted by Crippen LogP contribution is -2.32. The molecule has 21 heavy (non-hydrogen) atoms. The molecule has 0 bridgehead atoms. The molecule has 3 rings (SSSR count). The van der Waals surface area contributed by atoms with Crippen molar-refractivity contribution in [1.82, 2.24) is 10.2 Å². The number of H-pyrrole nitrogens is 1. The second-order valence-electron chi connectivity index (χ2n) is 4.55. The lowest BCUT2D eigenvalue weighted by atomic mass is 10.1. The Morgan fingerprint density at radius 1 is 1.52 bits per heavy atom. The highest BCUT2D eigenvalue weighted by atomic mass is 16.5. The van der Waals surface area contributed by atoms with Crippen LogP contribution in [0.15, 0.2) is 35.6 Å². The van der Waals surface area contributed by atoms with Gasteiger partial charge in [-0.2, -0.15) is 5.10 Å². The number of nitrogens with two attached hydrogens (primary N) is 1. The van der Waals surface area contributed by atoms with Gasteiger partial charge in [0.15, 0.2) is 11.9 Å². The van der Waals surface area contributed by atoms with Gasteiger partial charge in [-0.3, -0.25) is 9.89 Å². The van der Waals surface area contributed by atoms with Gasteiger partial charge in [0.25, 0.3) is 5.91 Å². The van der Waals surface area contributed by atoms with Crippen molar-refractivity contribution in [2.75, 3.05) is 5.32 Å². The third kappa shape index (κ3) is 2.38. The summed E-state index contributed by atoms with van der Waals surface area (Å²) in [5.74, 6) is 0.492. The Morgan fingerprint density at radius 2 is 2.33 bits per heavy atom. The molecule has 8 heteroatoms. The Balaban J connectivity index is 1.73. The SMILES string of the molecule is NC(=NO)c1cn[nH]c1NC(=O)C1Cc2ccccc2O1. The van der Waals surface area contributed by atoms with Crippen molar-refractivity contribution in [1.29, 1.82) is 0 Å². The molecule has 0 saturated carbocycles. The van der Waals surface area contributed by atoms with Crippen molar-refractivity contribution >= 4 is 17.6 Å². The van der Waals surface area contributed by atoms with Gasteiger partial charge in [0, 0.05) is 6.42 Å². The number of fused-ring (bicyclic) bond motifs is 1. The van der Waals surface area contributed by atoms with E-state index in [0.29, 0.717) is 17.7 Å². The molecule has 0 radical (unpaired) electrons. The minimum atomic E-state index is -0.620. The highest BCUT2D eigenvalue weighted by Gasteiger charge is 2.29. The lowest BCUT2D eigenvalue weighted by molar-refractivity contribution is -0.122. The van der Waals surface area contributed by atoms with Crippen molar-refractivity contribution < 1.29 is 14.7 Å². The molecule has 1 aromatic heterocycles. The molecule has 1 aliphatic heterocycles. The van der Waals surface area contributed by atoms with Crippen LogP contribution in [0.3, 0.4) is 0 Å². The number of rotatable bonds is 3. The molecule has 0 fully saturated rings. The average molecular weight is 287 g/mol. The summed E-state index contributed by atoms with van der Waals surface area (Å²) >= 11 is 0. The van der Waals surface area contributed by atoms with Gasteiger partial charge in [0.1, 0.15) is 11.6 Å². The molecule has 2 aromatic rings. The summed E-state index contributed by atoms with van der Waals surface area (Å²) < 4.78 is 5.59. The number of aromatic amines is 1. The molecule has 1 amide bonds. The van der Waals surface area contributed by atoms with Crippen LogP contribution in [0.25, 0.3) is 0 Å². The number of benzene rings is 1. The maximum atomic E-state index is 12.2. The predicted octanol–water partition coefficient (Wildman–Crippen LogP) is 0.446. The number of carbonyl (C=O) groups excluding carboxylic acids is 1. The highest BCUT2D eigenvalue weighted by molar-refractivity contribution is 6.05. The van der Waals surface area contributed by atoms with Crippen LogP contribution in [0.1, 0.15) is 11.1 Å². The first-order chi connectivity index (χ1) is 10.2. The highest BCUT2D eigenvalue weighted by Crippen LogP contribution is 2.28. The van der Waals surface area contributed by atoms with E-state index in [1.807, 2.05) is 24.3 Å². The molecule has 0 spiro atoms. The molecule has 0 aliphatic carbocycles. The van der Waals surface area contributed by atoms with E-state index in [4.69, 9.17) is 15.7 Å². The van der Waals surface area contributed by atoms with Crippen molar-refractivity contribution in [2.24, 2.45) is 10.9 Å². The van der Waals surface area contributed by atoms with E-state index in [1.54, 1.807) is 0 Å². The zero-order chi connectivity index (χ0) is 14.8. The molecule has 1 aromatic carbocycles. The van der Waals surface area contributed by atoms with Crippen LogP contribution in [0.2, 0.25) is 0 Å². The fourth-order valence-electron chi connectivity index (χ4n) is 2.16. The van der Waals surface area contributed by atoms with Crippen molar-refractivity contribution in [3.8, 4) is 5.75 Å². The lowest BCUT2D eigenvalue weighted by Gasteiger charge is -2.11. The topological polar surface area (TPSA) is 126 Å². The van der Waals surface area contributed by atoms with Crippen LogP contribution < -0.4 is 15.8 Å². The Labute approximate surface area is 119 Å². The zero-order valence-corrected chi connectivity index (χ0v) is 10.9. The second-order valence-corrected chi connectivity index (χ2v) is 4.55. The van der Waals surface area contributed by atoms with E-state index in [1.165, 1.54) is 6.20 Å². The molecular weight excluding hydrogens is 274 g/mol. The number of nitrogens with one attached hydrogen (secondary N) is 2. The number of amides is 1. The van der Waals surface area contributed by atoms with Crippen LogP contribution in [0.5, 0.6) is 5.75 Å². The van der Waals surface area contributed by atoms with Gasteiger partial charge in [0.05, 0.1) is 11.8 Å². The number of ether oxygens (including phenoxy) is 1. The second kappa shape index (κ2) is 5.16. The van der Waals surface area contributed by atoms with Gasteiger partial charge in [0.2, 0.25) is 0 Å². The maximum Gasteiger partial charge on any atom is 0.266 e. The average Bonchev–Trinajstić information content (AvgIpc) is 3.12. The molecule has 1 atom stereocenters. The number of hydrogen-bond donors (Lipinski definition) is 4. The van der Waals surface area contributed by atoms with E-state index in [2.05, 4.69) is 20.7 Å². The van der Waals surface area contributed by atoms with Crippen molar-refractivity contribution in [2.45, 2.75) is 12.5 Å². The maximum absolute atomic E-state index is 12.2. The van der Waals surface area contributed by atoms with Crippen LogP contribution in [-0.2, 0) is 11.2 Å². The van der Waals surface area contributed by atoms with E-state index >= 15 is 0 Å². The zero-order valence-electron chi connectivity index (χ0n) is 10.9. The first-order valence-electron chi connectivity index (χ1n) is 6.25. The standard InChI is InChI=1S/C13H13N5O3/c14-11(18-20)8-6-15-17-12(8)16-13(19)10-5-7-3-1-2-4-9(7)21-10/h1-4,6,10,20H,5H2,(H2,14,18)(H2,15,16,17,19). The van der Waals surface area contributed by atoms with Gasteiger partial charge in [-0.05, 0) is 11.6 Å².